The van der Waals surface area contributed by atoms with Crippen LogP contribution in [0.4, 0.5) is 0 Å². The second kappa shape index (κ2) is 7.48. The standard InChI is InChI=1S/C14H24N2OS2/c15-14(18)16(19-12-9-5-2-6-10-12)13(17)11-7-3-1-4-8-11/h11-12H,1-10H2,(H2,15,18). The third-order valence-corrected chi connectivity index (χ3v) is 5.82. The molecule has 0 aliphatic heterocycles. The Labute approximate surface area is 125 Å². The summed E-state index contributed by atoms with van der Waals surface area (Å²) < 4.78 is 1.63. The van der Waals surface area contributed by atoms with Gasteiger partial charge >= 0.3 is 0 Å². The molecule has 2 saturated carbocycles. The zero-order valence-electron chi connectivity index (χ0n) is 11.5. The van der Waals surface area contributed by atoms with Gasteiger partial charge in [0.2, 0.25) is 5.91 Å². The summed E-state index contributed by atoms with van der Waals surface area (Å²) in [6.45, 7) is 0. The lowest BCUT2D eigenvalue weighted by Gasteiger charge is -2.31. The topological polar surface area (TPSA) is 46.3 Å². The van der Waals surface area contributed by atoms with Crippen molar-refractivity contribution in [2.45, 2.75) is 69.5 Å². The molecule has 2 fully saturated rings. The molecule has 5 heteroatoms. The summed E-state index contributed by atoms with van der Waals surface area (Å²) in [4.78, 5) is 12.6. The van der Waals surface area contributed by atoms with E-state index in [1.54, 1.807) is 16.3 Å². The number of thiocarbonyl (C=S) groups is 1. The molecule has 3 nitrogen and oxygen atoms in total. The lowest BCUT2D eigenvalue weighted by Crippen LogP contribution is -2.41. The molecule has 0 unspecified atom stereocenters. The summed E-state index contributed by atoms with van der Waals surface area (Å²) >= 11 is 6.69. The van der Waals surface area contributed by atoms with Crippen molar-refractivity contribution < 1.29 is 4.79 Å². The quantitative estimate of drug-likeness (QED) is 0.639. The molecule has 0 bridgehead atoms. The van der Waals surface area contributed by atoms with Gasteiger partial charge in [-0.3, -0.25) is 4.79 Å². The summed E-state index contributed by atoms with van der Waals surface area (Å²) in [5.41, 5.74) is 5.78. The van der Waals surface area contributed by atoms with Crippen LogP contribution in [-0.4, -0.2) is 20.6 Å². The number of rotatable bonds is 3. The van der Waals surface area contributed by atoms with Crippen LogP contribution < -0.4 is 5.73 Å². The predicted molar refractivity (Wildman–Crippen MR) is 84.7 cm³/mol. The van der Waals surface area contributed by atoms with E-state index in [1.807, 2.05) is 0 Å². The number of nitrogens with zero attached hydrogens (tertiary/aromatic N) is 1. The van der Waals surface area contributed by atoms with Crippen molar-refractivity contribution >= 4 is 35.2 Å². The maximum absolute atomic E-state index is 12.6. The van der Waals surface area contributed by atoms with Gasteiger partial charge in [0.05, 0.1) is 0 Å². The minimum absolute atomic E-state index is 0.145. The van der Waals surface area contributed by atoms with Gasteiger partial charge in [-0.2, -0.15) is 0 Å². The van der Waals surface area contributed by atoms with Gasteiger partial charge < -0.3 is 5.73 Å². The van der Waals surface area contributed by atoms with E-state index < -0.39 is 0 Å². The molecule has 0 aromatic carbocycles. The lowest BCUT2D eigenvalue weighted by atomic mass is 9.89. The fourth-order valence-corrected chi connectivity index (χ4v) is 4.47. The first-order chi connectivity index (χ1) is 9.18. The van der Waals surface area contributed by atoms with Crippen LogP contribution in [0.25, 0.3) is 0 Å². The largest absolute Gasteiger partial charge is 0.375 e. The molecule has 0 aromatic rings. The van der Waals surface area contributed by atoms with Crippen LogP contribution >= 0.6 is 24.2 Å². The SMILES string of the molecule is NC(=S)N(SC1CCCCC1)C(=O)C1CCCCC1. The van der Waals surface area contributed by atoms with Gasteiger partial charge in [-0.25, -0.2) is 4.31 Å². The molecular formula is C14H24N2OS2. The molecule has 2 aliphatic carbocycles. The van der Waals surface area contributed by atoms with E-state index in [0.29, 0.717) is 5.25 Å². The molecule has 2 aliphatic rings. The highest BCUT2D eigenvalue weighted by molar-refractivity contribution is 7.99. The van der Waals surface area contributed by atoms with Crippen LogP contribution in [0.2, 0.25) is 0 Å². The fraction of sp³-hybridized carbons (Fsp3) is 0.857. The van der Waals surface area contributed by atoms with E-state index >= 15 is 0 Å². The molecule has 1 amide bonds. The molecule has 0 atom stereocenters. The van der Waals surface area contributed by atoms with E-state index in [4.69, 9.17) is 18.0 Å². The van der Waals surface area contributed by atoms with E-state index in [1.165, 1.54) is 38.5 Å². The van der Waals surface area contributed by atoms with Crippen LogP contribution in [0.1, 0.15) is 64.2 Å². The highest BCUT2D eigenvalue weighted by Crippen LogP contribution is 2.33. The molecule has 108 valence electrons. The minimum atomic E-state index is 0.145. The number of carbonyl (C=O) groups is 1. The van der Waals surface area contributed by atoms with Crippen LogP contribution in [0.15, 0.2) is 0 Å². The minimum Gasteiger partial charge on any atom is -0.375 e. The average Bonchev–Trinajstić information content (AvgIpc) is 2.46. The normalized spacial score (nSPS) is 22.1. The highest BCUT2D eigenvalue weighted by Gasteiger charge is 2.30. The van der Waals surface area contributed by atoms with Crippen molar-refractivity contribution in [2.24, 2.45) is 11.7 Å². The number of amides is 1. The molecule has 2 rings (SSSR count). The van der Waals surface area contributed by atoms with E-state index in [-0.39, 0.29) is 16.9 Å². The Morgan fingerprint density at radius 2 is 1.53 bits per heavy atom. The number of nitrogens with two attached hydrogens (primary N) is 1. The molecular weight excluding hydrogens is 276 g/mol. The van der Waals surface area contributed by atoms with Gasteiger partial charge in [0.25, 0.3) is 0 Å². The van der Waals surface area contributed by atoms with E-state index in [2.05, 4.69) is 0 Å². The molecule has 0 spiro atoms. The lowest BCUT2D eigenvalue weighted by molar-refractivity contribution is -0.128. The first-order valence-corrected chi connectivity index (χ1v) is 8.73. The Balaban J connectivity index is 1.93. The summed E-state index contributed by atoms with van der Waals surface area (Å²) in [6.07, 6.45) is 11.8. The maximum Gasteiger partial charge on any atom is 0.242 e. The molecule has 0 heterocycles. The number of hydrogen-bond donors (Lipinski definition) is 1. The molecule has 0 aromatic heterocycles. The van der Waals surface area contributed by atoms with Crippen molar-refractivity contribution in [3.05, 3.63) is 0 Å². The van der Waals surface area contributed by atoms with Gasteiger partial charge in [0.1, 0.15) is 0 Å². The Bertz CT molecular complexity index is 323. The molecule has 19 heavy (non-hydrogen) atoms. The third-order valence-electron chi connectivity index (χ3n) is 4.16. The third kappa shape index (κ3) is 4.35. The first-order valence-electron chi connectivity index (χ1n) is 7.48. The fourth-order valence-electron chi connectivity index (χ4n) is 3.05. The smallest absolute Gasteiger partial charge is 0.242 e. The average molecular weight is 300 g/mol. The van der Waals surface area contributed by atoms with Crippen molar-refractivity contribution in [3.8, 4) is 0 Å². The Hall–Kier alpha value is -0.290. The molecule has 2 N–H and O–H groups in total. The maximum atomic E-state index is 12.6. The molecule has 0 saturated heterocycles. The van der Waals surface area contributed by atoms with Crippen molar-refractivity contribution in [1.29, 1.82) is 0 Å². The Morgan fingerprint density at radius 3 is 2.05 bits per heavy atom. The summed E-state index contributed by atoms with van der Waals surface area (Å²) in [5, 5.41) is 0.758. The second-order valence-corrected chi connectivity index (χ2v) is 7.33. The molecule has 0 radical (unpaired) electrons. The monoisotopic (exact) mass is 300 g/mol. The first kappa shape index (κ1) is 15.1. The second-order valence-electron chi connectivity index (χ2n) is 5.67. The number of hydrogen-bond acceptors (Lipinski definition) is 3. The van der Waals surface area contributed by atoms with Gasteiger partial charge in [-0.05, 0) is 49.8 Å². The van der Waals surface area contributed by atoms with Crippen molar-refractivity contribution in [3.63, 3.8) is 0 Å². The van der Waals surface area contributed by atoms with Gasteiger partial charge in [-0.15, -0.1) is 0 Å². The van der Waals surface area contributed by atoms with Crippen LogP contribution in [0.3, 0.4) is 0 Å². The van der Waals surface area contributed by atoms with Crippen LogP contribution in [0.5, 0.6) is 0 Å². The van der Waals surface area contributed by atoms with E-state index in [9.17, 15) is 4.79 Å². The van der Waals surface area contributed by atoms with Gasteiger partial charge in [-0.1, -0.05) is 38.5 Å². The van der Waals surface area contributed by atoms with Crippen LogP contribution in [-0.2, 0) is 4.79 Å². The van der Waals surface area contributed by atoms with E-state index in [0.717, 1.165) is 25.7 Å². The zero-order valence-corrected chi connectivity index (χ0v) is 13.1. The Morgan fingerprint density at radius 1 is 1.00 bits per heavy atom. The summed E-state index contributed by atoms with van der Waals surface area (Å²) in [7, 11) is 0. The number of carbonyl (C=O) groups excluding carboxylic acids is 1. The van der Waals surface area contributed by atoms with Gasteiger partial charge in [0, 0.05) is 11.2 Å². The Kier molecular flexibility index (Phi) is 5.95. The highest BCUT2D eigenvalue weighted by atomic mass is 32.2. The summed E-state index contributed by atoms with van der Waals surface area (Å²) in [5.74, 6) is 0.300. The summed E-state index contributed by atoms with van der Waals surface area (Å²) in [6, 6.07) is 0. The van der Waals surface area contributed by atoms with Gasteiger partial charge in [0.15, 0.2) is 5.11 Å². The predicted octanol–water partition coefficient (Wildman–Crippen LogP) is 3.62. The van der Waals surface area contributed by atoms with Crippen molar-refractivity contribution in [2.75, 3.05) is 0 Å². The van der Waals surface area contributed by atoms with Crippen LogP contribution in [0, 0.1) is 5.92 Å². The van der Waals surface area contributed by atoms with Crippen molar-refractivity contribution in [1.82, 2.24) is 4.31 Å². The zero-order chi connectivity index (χ0) is 13.7.